The Kier molecular flexibility index (Phi) is 4.64. The number of nitrogens with zero attached hydrogens (tertiary/aromatic N) is 3. The highest BCUT2D eigenvalue weighted by atomic mass is 15.2. The lowest BCUT2D eigenvalue weighted by atomic mass is 10.0. The van der Waals surface area contributed by atoms with Gasteiger partial charge in [0.1, 0.15) is 0 Å². The molecule has 0 radical (unpaired) electrons. The fourth-order valence-corrected chi connectivity index (χ4v) is 4.56. The van der Waals surface area contributed by atoms with Crippen molar-refractivity contribution in [3.63, 3.8) is 0 Å². The van der Waals surface area contributed by atoms with Crippen molar-refractivity contribution in [1.82, 2.24) is 14.4 Å². The van der Waals surface area contributed by atoms with Crippen LogP contribution in [-0.2, 0) is 19.5 Å². The zero-order valence-electron chi connectivity index (χ0n) is 15.4. The Labute approximate surface area is 146 Å². The van der Waals surface area contributed by atoms with Gasteiger partial charge in [-0.15, -0.1) is 0 Å². The van der Waals surface area contributed by atoms with E-state index >= 15 is 0 Å². The van der Waals surface area contributed by atoms with E-state index in [1.54, 1.807) is 11.3 Å². The minimum absolute atomic E-state index is 1.10. The minimum Gasteiger partial charge on any atom is -0.343 e. The predicted octanol–water partition coefficient (Wildman–Crippen LogP) is 3.81. The van der Waals surface area contributed by atoms with Crippen LogP contribution >= 0.6 is 0 Å². The van der Waals surface area contributed by atoms with Crippen molar-refractivity contribution in [2.45, 2.75) is 52.1 Å². The quantitative estimate of drug-likeness (QED) is 0.850. The summed E-state index contributed by atoms with van der Waals surface area (Å²) < 4.78 is 2.64. The van der Waals surface area contributed by atoms with Gasteiger partial charge < -0.3 is 14.4 Å². The topological polar surface area (TPSA) is 11.4 Å². The summed E-state index contributed by atoms with van der Waals surface area (Å²) in [4.78, 5) is 5.15. The Morgan fingerprint density at radius 3 is 2.54 bits per heavy atom. The van der Waals surface area contributed by atoms with Crippen LogP contribution in [0.2, 0.25) is 0 Å². The summed E-state index contributed by atoms with van der Waals surface area (Å²) in [5.41, 5.74) is 6.01. The van der Waals surface area contributed by atoms with E-state index in [-0.39, 0.29) is 0 Å². The molecule has 0 N–H and O–H groups in total. The highest BCUT2D eigenvalue weighted by Crippen LogP contribution is 2.31. The number of hydrogen-bond donors (Lipinski definition) is 0. The average molecular weight is 326 g/mol. The summed E-state index contributed by atoms with van der Waals surface area (Å²) in [7, 11) is 2.25. The summed E-state index contributed by atoms with van der Waals surface area (Å²) in [5.74, 6) is 0. The van der Waals surface area contributed by atoms with E-state index < -0.39 is 0 Å². The van der Waals surface area contributed by atoms with Crippen LogP contribution in [0.25, 0.3) is 10.9 Å². The molecule has 0 bridgehead atoms. The van der Waals surface area contributed by atoms with E-state index in [1.165, 1.54) is 74.7 Å². The lowest BCUT2D eigenvalue weighted by Crippen LogP contribution is -2.30. The second-order valence-corrected chi connectivity index (χ2v) is 7.84. The highest BCUT2D eigenvalue weighted by molar-refractivity contribution is 5.86. The molecule has 0 unspecified atom stereocenters. The monoisotopic (exact) mass is 325 g/mol. The summed E-state index contributed by atoms with van der Waals surface area (Å²) in [6.07, 6.45) is 6.80. The molecule has 2 aromatic rings. The van der Waals surface area contributed by atoms with Gasteiger partial charge in [0.15, 0.2) is 0 Å². The van der Waals surface area contributed by atoms with Crippen LogP contribution in [0.3, 0.4) is 0 Å². The zero-order chi connectivity index (χ0) is 16.5. The van der Waals surface area contributed by atoms with E-state index in [0.29, 0.717) is 0 Å². The first-order valence-electron chi connectivity index (χ1n) is 9.74. The Bertz CT molecular complexity index is 707. The van der Waals surface area contributed by atoms with E-state index in [4.69, 9.17) is 0 Å². The summed E-state index contributed by atoms with van der Waals surface area (Å²) in [6.45, 7) is 9.45. The highest BCUT2D eigenvalue weighted by Gasteiger charge is 2.22. The second-order valence-electron chi connectivity index (χ2n) is 7.84. The average Bonchev–Trinajstić information content (AvgIpc) is 2.74. The van der Waals surface area contributed by atoms with Gasteiger partial charge in [-0.25, -0.2) is 0 Å². The summed E-state index contributed by atoms with van der Waals surface area (Å²) in [5, 5.41) is 1.49. The Morgan fingerprint density at radius 2 is 1.75 bits per heavy atom. The fourth-order valence-electron chi connectivity index (χ4n) is 4.56. The van der Waals surface area contributed by atoms with Crippen LogP contribution in [-0.4, -0.2) is 47.6 Å². The molecule has 0 saturated carbocycles. The third-order valence-corrected chi connectivity index (χ3v) is 5.94. The molecule has 3 heteroatoms. The van der Waals surface area contributed by atoms with Crippen LogP contribution in [0.5, 0.6) is 0 Å². The lowest BCUT2D eigenvalue weighted by Gasteiger charge is -2.25. The molecule has 1 aromatic carbocycles. The number of aromatic nitrogens is 1. The molecule has 130 valence electrons. The molecule has 3 heterocycles. The lowest BCUT2D eigenvalue weighted by molar-refractivity contribution is 0.269. The fraction of sp³-hybridized carbons (Fsp3) is 0.619. The maximum absolute atomic E-state index is 2.69. The predicted molar refractivity (Wildman–Crippen MR) is 102 cm³/mol. The molecule has 1 fully saturated rings. The van der Waals surface area contributed by atoms with Gasteiger partial charge in [0.05, 0.1) is 0 Å². The van der Waals surface area contributed by atoms with E-state index in [2.05, 4.69) is 46.5 Å². The molecular formula is C21H31N3. The van der Waals surface area contributed by atoms with Crippen LogP contribution in [0.1, 0.15) is 42.5 Å². The van der Waals surface area contributed by atoms with Gasteiger partial charge >= 0.3 is 0 Å². The maximum Gasteiger partial charge on any atom is 0.0486 e. The van der Waals surface area contributed by atoms with Crippen LogP contribution in [0.4, 0.5) is 0 Å². The number of rotatable bonds is 3. The van der Waals surface area contributed by atoms with Gasteiger partial charge in [0.25, 0.3) is 0 Å². The molecular weight excluding hydrogens is 294 g/mol. The first-order valence-corrected chi connectivity index (χ1v) is 9.74. The van der Waals surface area contributed by atoms with Crippen molar-refractivity contribution in [3.8, 4) is 0 Å². The standard InChI is InChI=1S/C21H31N3/c1-17-7-8-20-18(15-17)19-16-22(2)12-9-21(19)24(20)14-13-23-10-5-3-4-6-11-23/h7-8,15H,3-6,9-14,16H2,1-2H3. The summed E-state index contributed by atoms with van der Waals surface area (Å²) in [6, 6.07) is 7.03. The van der Waals surface area contributed by atoms with E-state index in [0.717, 1.165) is 13.1 Å². The molecule has 2 aliphatic rings. The largest absolute Gasteiger partial charge is 0.343 e. The number of benzene rings is 1. The minimum atomic E-state index is 1.10. The van der Waals surface area contributed by atoms with Crippen LogP contribution < -0.4 is 0 Å². The summed E-state index contributed by atoms with van der Waals surface area (Å²) >= 11 is 0. The van der Waals surface area contributed by atoms with Crippen molar-refractivity contribution in [2.75, 3.05) is 33.2 Å². The van der Waals surface area contributed by atoms with Crippen molar-refractivity contribution in [2.24, 2.45) is 0 Å². The van der Waals surface area contributed by atoms with Crippen molar-refractivity contribution in [3.05, 3.63) is 35.0 Å². The third-order valence-electron chi connectivity index (χ3n) is 5.94. The molecule has 1 aromatic heterocycles. The number of likely N-dealkylation sites (N-methyl/N-ethyl adjacent to an activating group) is 1. The molecule has 3 nitrogen and oxygen atoms in total. The number of aryl methyl sites for hydroxylation is 1. The normalized spacial score (nSPS) is 20.2. The van der Waals surface area contributed by atoms with Gasteiger partial charge in [-0.2, -0.15) is 0 Å². The Balaban J connectivity index is 1.64. The zero-order valence-corrected chi connectivity index (χ0v) is 15.4. The molecule has 0 amide bonds. The first kappa shape index (κ1) is 16.2. The van der Waals surface area contributed by atoms with Crippen LogP contribution in [0.15, 0.2) is 18.2 Å². The molecule has 2 aliphatic heterocycles. The Hall–Kier alpha value is -1.32. The molecule has 0 aliphatic carbocycles. The maximum atomic E-state index is 2.69. The van der Waals surface area contributed by atoms with Crippen molar-refractivity contribution >= 4 is 10.9 Å². The van der Waals surface area contributed by atoms with Gasteiger partial charge in [-0.1, -0.05) is 24.5 Å². The van der Waals surface area contributed by atoms with Gasteiger partial charge in [0.2, 0.25) is 0 Å². The first-order chi connectivity index (χ1) is 11.7. The number of fused-ring (bicyclic) bond motifs is 3. The van der Waals surface area contributed by atoms with Gasteiger partial charge in [-0.3, -0.25) is 0 Å². The second kappa shape index (κ2) is 6.89. The number of hydrogen-bond acceptors (Lipinski definition) is 2. The molecule has 4 rings (SSSR count). The van der Waals surface area contributed by atoms with E-state index in [1.807, 2.05) is 0 Å². The van der Waals surface area contributed by atoms with Crippen molar-refractivity contribution < 1.29 is 0 Å². The van der Waals surface area contributed by atoms with Gasteiger partial charge in [-0.05, 0) is 57.6 Å². The third kappa shape index (κ3) is 3.12. The molecule has 0 spiro atoms. The molecule has 1 saturated heterocycles. The molecule has 0 atom stereocenters. The van der Waals surface area contributed by atoms with Crippen molar-refractivity contribution in [1.29, 1.82) is 0 Å². The smallest absolute Gasteiger partial charge is 0.0486 e. The SMILES string of the molecule is Cc1ccc2c(c1)c1c(n2CCN2CCCCCC2)CCN(C)C1. The Morgan fingerprint density at radius 1 is 0.958 bits per heavy atom. The van der Waals surface area contributed by atoms with Gasteiger partial charge in [0, 0.05) is 49.2 Å². The molecule has 24 heavy (non-hydrogen) atoms. The van der Waals surface area contributed by atoms with Crippen LogP contribution in [0, 0.1) is 6.92 Å². The van der Waals surface area contributed by atoms with E-state index in [9.17, 15) is 0 Å². The number of likely N-dealkylation sites (tertiary alicyclic amines) is 1.